The summed E-state index contributed by atoms with van der Waals surface area (Å²) in [5, 5.41) is 0. The molecule has 0 spiro atoms. The van der Waals surface area contributed by atoms with Crippen LogP contribution in [0.2, 0.25) is 0 Å². The van der Waals surface area contributed by atoms with Gasteiger partial charge in [-0.2, -0.15) is 0 Å². The average Bonchev–Trinajstić information content (AvgIpc) is 2.86. The summed E-state index contributed by atoms with van der Waals surface area (Å²) in [4.78, 5) is 11.3. The van der Waals surface area contributed by atoms with E-state index in [9.17, 15) is 4.79 Å². The molecule has 3 N–H and O–H groups in total. The summed E-state index contributed by atoms with van der Waals surface area (Å²) >= 11 is 0. The summed E-state index contributed by atoms with van der Waals surface area (Å²) in [5.74, 6) is 5.61. The molecule has 0 aromatic heterocycles. The van der Waals surface area contributed by atoms with E-state index in [0.717, 1.165) is 12.2 Å². The molecular formula is C13H18N2O3. The van der Waals surface area contributed by atoms with Crippen LogP contribution in [-0.4, -0.2) is 24.7 Å². The Morgan fingerprint density at radius 2 is 2.17 bits per heavy atom. The molecule has 5 heteroatoms. The van der Waals surface area contributed by atoms with Crippen molar-refractivity contribution >= 4 is 5.91 Å². The maximum atomic E-state index is 11.3. The molecule has 2 atom stereocenters. The van der Waals surface area contributed by atoms with Crippen LogP contribution in [0, 0.1) is 6.92 Å². The Morgan fingerprint density at radius 1 is 1.44 bits per heavy atom. The van der Waals surface area contributed by atoms with Gasteiger partial charge in [0, 0.05) is 0 Å². The second kappa shape index (κ2) is 5.84. The summed E-state index contributed by atoms with van der Waals surface area (Å²) in [6.45, 7) is 2.48. The third-order valence-corrected chi connectivity index (χ3v) is 3.00. The third-order valence-electron chi connectivity index (χ3n) is 3.00. The second-order valence-corrected chi connectivity index (χ2v) is 4.46. The Balaban J connectivity index is 1.78. The van der Waals surface area contributed by atoms with E-state index in [1.165, 1.54) is 5.56 Å². The quantitative estimate of drug-likeness (QED) is 0.473. The minimum absolute atomic E-state index is 0.0476. The lowest BCUT2D eigenvalue weighted by atomic mass is 10.2. The van der Waals surface area contributed by atoms with E-state index >= 15 is 0 Å². The van der Waals surface area contributed by atoms with Gasteiger partial charge in [0.25, 0.3) is 5.91 Å². The number of hydrogen-bond donors (Lipinski definition) is 2. The molecule has 0 bridgehead atoms. The van der Waals surface area contributed by atoms with E-state index in [2.05, 4.69) is 5.43 Å². The van der Waals surface area contributed by atoms with Gasteiger partial charge in [-0.15, -0.1) is 0 Å². The van der Waals surface area contributed by atoms with Gasteiger partial charge in [0.2, 0.25) is 0 Å². The van der Waals surface area contributed by atoms with Crippen molar-refractivity contribution in [1.82, 2.24) is 5.43 Å². The number of ether oxygens (including phenoxy) is 2. The van der Waals surface area contributed by atoms with E-state index in [1.807, 2.05) is 31.2 Å². The topological polar surface area (TPSA) is 73.6 Å². The number of carbonyl (C=O) groups is 1. The van der Waals surface area contributed by atoms with Gasteiger partial charge in [-0.1, -0.05) is 17.7 Å². The van der Waals surface area contributed by atoms with Crippen LogP contribution in [0.15, 0.2) is 24.3 Å². The first kappa shape index (κ1) is 12.9. The maximum Gasteiger partial charge on any atom is 0.263 e. The largest absolute Gasteiger partial charge is 0.491 e. The van der Waals surface area contributed by atoms with E-state index < -0.39 is 6.10 Å². The van der Waals surface area contributed by atoms with Crippen molar-refractivity contribution in [2.75, 3.05) is 6.61 Å². The molecule has 1 fully saturated rings. The molecule has 0 radical (unpaired) electrons. The van der Waals surface area contributed by atoms with E-state index in [4.69, 9.17) is 15.3 Å². The van der Waals surface area contributed by atoms with Crippen molar-refractivity contribution in [3.63, 3.8) is 0 Å². The maximum absolute atomic E-state index is 11.3. The zero-order chi connectivity index (χ0) is 13.0. The molecule has 1 aromatic rings. The average molecular weight is 250 g/mol. The Labute approximate surface area is 106 Å². The predicted molar refractivity (Wildman–Crippen MR) is 66.9 cm³/mol. The highest BCUT2D eigenvalue weighted by molar-refractivity contribution is 5.80. The zero-order valence-corrected chi connectivity index (χ0v) is 10.4. The van der Waals surface area contributed by atoms with Gasteiger partial charge in [0.05, 0.1) is 6.10 Å². The first-order chi connectivity index (χ1) is 8.69. The van der Waals surface area contributed by atoms with E-state index in [0.29, 0.717) is 13.0 Å². The van der Waals surface area contributed by atoms with Gasteiger partial charge in [-0.3, -0.25) is 10.2 Å². The molecule has 1 aliphatic rings. The summed E-state index contributed by atoms with van der Waals surface area (Å²) in [5.41, 5.74) is 3.30. The van der Waals surface area contributed by atoms with Crippen molar-refractivity contribution in [2.45, 2.75) is 32.0 Å². The van der Waals surface area contributed by atoms with Gasteiger partial charge < -0.3 is 9.47 Å². The van der Waals surface area contributed by atoms with E-state index in [1.54, 1.807) is 0 Å². The van der Waals surface area contributed by atoms with Crippen LogP contribution < -0.4 is 16.0 Å². The standard InChI is InChI=1S/C13H18N2O3/c1-9-2-4-10(5-3-9)17-8-11-6-7-12(18-11)13(16)15-14/h2-5,11-12H,6-8,14H2,1H3,(H,15,16). The molecule has 1 aliphatic heterocycles. The van der Waals surface area contributed by atoms with Gasteiger partial charge >= 0.3 is 0 Å². The number of hydrogen-bond acceptors (Lipinski definition) is 4. The fraction of sp³-hybridized carbons (Fsp3) is 0.462. The first-order valence-electron chi connectivity index (χ1n) is 6.04. The Kier molecular flexibility index (Phi) is 4.17. The zero-order valence-electron chi connectivity index (χ0n) is 10.4. The smallest absolute Gasteiger partial charge is 0.263 e. The highest BCUT2D eigenvalue weighted by Gasteiger charge is 2.30. The number of nitrogens with one attached hydrogen (secondary N) is 1. The van der Waals surface area contributed by atoms with Gasteiger partial charge in [-0.25, -0.2) is 5.84 Å². The molecule has 2 unspecified atom stereocenters. The van der Waals surface area contributed by atoms with Crippen LogP contribution in [0.4, 0.5) is 0 Å². The Bertz CT molecular complexity index is 405. The third kappa shape index (κ3) is 3.21. The molecule has 18 heavy (non-hydrogen) atoms. The molecule has 1 heterocycles. The monoisotopic (exact) mass is 250 g/mol. The molecule has 0 saturated carbocycles. The van der Waals surface area contributed by atoms with Crippen molar-refractivity contribution in [3.8, 4) is 5.75 Å². The molecule has 1 amide bonds. The minimum Gasteiger partial charge on any atom is -0.491 e. The van der Waals surface area contributed by atoms with Crippen molar-refractivity contribution in [3.05, 3.63) is 29.8 Å². The lowest BCUT2D eigenvalue weighted by molar-refractivity contribution is -0.132. The van der Waals surface area contributed by atoms with Gasteiger partial charge in [0.1, 0.15) is 18.5 Å². The van der Waals surface area contributed by atoms with Crippen LogP contribution in [0.1, 0.15) is 18.4 Å². The van der Waals surface area contributed by atoms with Crippen molar-refractivity contribution in [2.24, 2.45) is 5.84 Å². The van der Waals surface area contributed by atoms with E-state index in [-0.39, 0.29) is 12.0 Å². The van der Waals surface area contributed by atoms with Crippen molar-refractivity contribution < 1.29 is 14.3 Å². The summed E-state index contributed by atoms with van der Waals surface area (Å²) in [6.07, 6.45) is 1.00. The Hall–Kier alpha value is -1.59. The fourth-order valence-electron chi connectivity index (χ4n) is 1.94. The molecule has 2 rings (SSSR count). The molecule has 0 aliphatic carbocycles. The fourth-order valence-corrected chi connectivity index (χ4v) is 1.94. The van der Waals surface area contributed by atoms with Crippen molar-refractivity contribution in [1.29, 1.82) is 0 Å². The van der Waals surface area contributed by atoms with Crippen LogP contribution in [-0.2, 0) is 9.53 Å². The highest BCUT2D eigenvalue weighted by Crippen LogP contribution is 2.21. The number of amides is 1. The van der Waals surface area contributed by atoms with Crippen LogP contribution in [0.5, 0.6) is 5.75 Å². The lowest BCUT2D eigenvalue weighted by Gasteiger charge is -2.13. The number of hydrazine groups is 1. The predicted octanol–water partition coefficient (Wildman–Crippen LogP) is 0.911. The summed E-state index contributed by atoms with van der Waals surface area (Å²) in [7, 11) is 0. The lowest BCUT2D eigenvalue weighted by Crippen LogP contribution is -2.39. The SMILES string of the molecule is Cc1ccc(OCC2CCC(C(=O)NN)O2)cc1. The van der Waals surface area contributed by atoms with Gasteiger partial charge in [0.15, 0.2) is 0 Å². The highest BCUT2D eigenvalue weighted by atomic mass is 16.5. The van der Waals surface area contributed by atoms with Crippen LogP contribution >= 0.6 is 0 Å². The first-order valence-corrected chi connectivity index (χ1v) is 6.04. The summed E-state index contributed by atoms with van der Waals surface area (Å²) < 4.78 is 11.2. The molecule has 5 nitrogen and oxygen atoms in total. The minimum atomic E-state index is -0.443. The second-order valence-electron chi connectivity index (χ2n) is 4.46. The Morgan fingerprint density at radius 3 is 2.83 bits per heavy atom. The van der Waals surface area contributed by atoms with Gasteiger partial charge in [-0.05, 0) is 31.9 Å². The number of rotatable bonds is 4. The molecular weight excluding hydrogens is 232 g/mol. The number of aryl methyl sites for hydroxylation is 1. The molecule has 98 valence electrons. The number of nitrogens with two attached hydrogens (primary N) is 1. The number of carbonyl (C=O) groups excluding carboxylic acids is 1. The molecule has 1 saturated heterocycles. The molecule has 1 aromatic carbocycles. The summed E-state index contributed by atoms with van der Waals surface area (Å²) in [6, 6.07) is 7.84. The van der Waals surface area contributed by atoms with Crippen LogP contribution in [0.3, 0.4) is 0 Å². The normalized spacial score (nSPS) is 22.8. The number of benzene rings is 1. The van der Waals surface area contributed by atoms with Crippen LogP contribution in [0.25, 0.3) is 0 Å².